The standard InChI is InChI=1S/C16H20F3N3O3/c1-15(2,3)9-11(16(17,18)19)20-12(23)6-7-13-21-14(22-25-13)10-5-4-8-24-10/h4-5,8,11H,6-7,9H2,1-3H3,(H,20,23)/t11-/m1/s1. The van der Waals surface area contributed by atoms with Gasteiger partial charge in [-0.25, -0.2) is 0 Å². The van der Waals surface area contributed by atoms with Crippen molar-refractivity contribution in [1.82, 2.24) is 15.5 Å². The predicted octanol–water partition coefficient (Wildman–Crippen LogP) is 3.75. The fourth-order valence-corrected chi connectivity index (χ4v) is 2.21. The molecule has 0 unspecified atom stereocenters. The van der Waals surface area contributed by atoms with Gasteiger partial charge in [0.05, 0.1) is 6.26 Å². The Hall–Kier alpha value is -2.32. The molecule has 0 saturated heterocycles. The lowest BCUT2D eigenvalue weighted by Gasteiger charge is -2.28. The first-order chi connectivity index (χ1) is 11.5. The summed E-state index contributed by atoms with van der Waals surface area (Å²) >= 11 is 0. The number of rotatable bonds is 6. The van der Waals surface area contributed by atoms with Crippen molar-refractivity contribution in [2.24, 2.45) is 5.41 Å². The highest BCUT2D eigenvalue weighted by atomic mass is 19.4. The Kier molecular flexibility index (Phi) is 5.54. The second-order valence-corrected chi connectivity index (χ2v) is 6.92. The van der Waals surface area contributed by atoms with Crippen LogP contribution in [0.4, 0.5) is 13.2 Å². The van der Waals surface area contributed by atoms with E-state index in [9.17, 15) is 18.0 Å². The first kappa shape index (κ1) is 19.0. The van der Waals surface area contributed by atoms with Crippen LogP contribution in [0.5, 0.6) is 0 Å². The molecule has 1 amide bonds. The van der Waals surface area contributed by atoms with E-state index in [4.69, 9.17) is 8.94 Å². The monoisotopic (exact) mass is 359 g/mol. The summed E-state index contributed by atoms with van der Waals surface area (Å²) < 4.78 is 49.3. The van der Waals surface area contributed by atoms with Crippen molar-refractivity contribution < 1.29 is 26.9 Å². The first-order valence-corrected chi connectivity index (χ1v) is 7.77. The van der Waals surface area contributed by atoms with Gasteiger partial charge in [-0.15, -0.1) is 0 Å². The van der Waals surface area contributed by atoms with Gasteiger partial charge in [0, 0.05) is 12.8 Å². The van der Waals surface area contributed by atoms with Gasteiger partial charge in [0.2, 0.25) is 17.6 Å². The molecule has 0 fully saturated rings. The van der Waals surface area contributed by atoms with Gasteiger partial charge in [-0.05, 0) is 24.0 Å². The number of alkyl halides is 3. The third-order valence-corrected chi connectivity index (χ3v) is 3.32. The van der Waals surface area contributed by atoms with Crippen LogP contribution in [-0.2, 0) is 11.2 Å². The quantitative estimate of drug-likeness (QED) is 0.850. The van der Waals surface area contributed by atoms with Gasteiger partial charge >= 0.3 is 6.18 Å². The third kappa shape index (κ3) is 5.91. The van der Waals surface area contributed by atoms with Crippen LogP contribution < -0.4 is 5.32 Å². The highest BCUT2D eigenvalue weighted by Gasteiger charge is 2.42. The molecule has 138 valence electrons. The highest BCUT2D eigenvalue weighted by Crippen LogP contribution is 2.30. The van der Waals surface area contributed by atoms with Crippen molar-refractivity contribution in [3.05, 3.63) is 24.3 Å². The van der Waals surface area contributed by atoms with Crippen LogP contribution >= 0.6 is 0 Å². The van der Waals surface area contributed by atoms with Crippen LogP contribution in [0.25, 0.3) is 11.6 Å². The molecule has 0 aliphatic rings. The van der Waals surface area contributed by atoms with E-state index in [1.54, 1.807) is 32.9 Å². The lowest BCUT2D eigenvalue weighted by molar-refractivity contribution is -0.167. The lowest BCUT2D eigenvalue weighted by Crippen LogP contribution is -2.47. The first-order valence-electron chi connectivity index (χ1n) is 7.77. The van der Waals surface area contributed by atoms with E-state index >= 15 is 0 Å². The van der Waals surface area contributed by atoms with Crippen LogP contribution in [0.1, 0.15) is 39.5 Å². The Morgan fingerprint density at radius 1 is 1.32 bits per heavy atom. The molecule has 0 bridgehead atoms. The Morgan fingerprint density at radius 2 is 2.04 bits per heavy atom. The summed E-state index contributed by atoms with van der Waals surface area (Å²) in [6.45, 7) is 5.06. The minimum absolute atomic E-state index is 0.0413. The molecule has 2 aromatic heterocycles. The third-order valence-electron chi connectivity index (χ3n) is 3.32. The van der Waals surface area contributed by atoms with E-state index in [1.807, 2.05) is 5.32 Å². The van der Waals surface area contributed by atoms with E-state index in [0.29, 0.717) is 5.76 Å². The van der Waals surface area contributed by atoms with Gasteiger partial charge in [-0.2, -0.15) is 18.2 Å². The van der Waals surface area contributed by atoms with Crippen molar-refractivity contribution in [2.75, 3.05) is 0 Å². The van der Waals surface area contributed by atoms with Crippen LogP contribution in [0.3, 0.4) is 0 Å². The van der Waals surface area contributed by atoms with Gasteiger partial charge in [-0.1, -0.05) is 25.9 Å². The number of nitrogens with zero attached hydrogens (tertiary/aromatic N) is 2. The van der Waals surface area contributed by atoms with Gasteiger partial charge in [0.15, 0.2) is 5.76 Å². The highest BCUT2D eigenvalue weighted by molar-refractivity contribution is 5.76. The van der Waals surface area contributed by atoms with Crippen LogP contribution in [-0.4, -0.2) is 28.3 Å². The maximum absolute atomic E-state index is 13.1. The molecule has 1 N–H and O–H groups in total. The van der Waals surface area contributed by atoms with E-state index in [2.05, 4.69) is 10.1 Å². The molecule has 2 aromatic rings. The molecular formula is C16H20F3N3O3. The smallest absolute Gasteiger partial charge is 0.408 e. The summed E-state index contributed by atoms with van der Waals surface area (Å²) in [5.74, 6) is 0.0633. The topological polar surface area (TPSA) is 81.2 Å². The van der Waals surface area contributed by atoms with Crippen LogP contribution in [0.15, 0.2) is 27.3 Å². The molecule has 0 aromatic carbocycles. The van der Waals surface area contributed by atoms with Gasteiger partial charge in [-0.3, -0.25) is 4.79 Å². The molecule has 9 heteroatoms. The zero-order chi connectivity index (χ0) is 18.7. The molecule has 25 heavy (non-hydrogen) atoms. The van der Waals surface area contributed by atoms with Crippen molar-refractivity contribution >= 4 is 5.91 Å². The number of aromatic nitrogens is 2. The second-order valence-electron chi connectivity index (χ2n) is 6.92. The summed E-state index contributed by atoms with van der Waals surface area (Å²) in [4.78, 5) is 15.9. The molecule has 2 heterocycles. The average molecular weight is 359 g/mol. The van der Waals surface area contributed by atoms with Gasteiger partial charge in [0.25, 0.3) is 0 Å². The number of amides is 1. The summed E-state index contributed by atoms with van der Waals surface area (Å²) in [5.41, 5.74) is -0.572. The molecule has 0 spiro atoms. The molecular weight excluding hydrogens is 339 g/mol. The number of hydrogen-bond acceptors (Lipinski definition) is 5. The van der Waals surface area contributed by atoms with E-state index < -0.39 is 23.5 Å². The predicted molar refractivity (Wildman–Crippen MR) is 82.4 cm³/mol. The zero-order valence-electron chi connectivity index (χ0n) is 14.2. The molecule has 1 atom stereocenters. The number of aryl methyl sites for hydroxylation is 1. The van der Waals surface area contributed by atoms with Crippen molar-refractivity contribution in [2.45, 2.75) is 52.3 Å². The minimum atomic E-state index is -4.50. The number of carbonyl (C=O) groups is 1. The normalized spacial score (nSPS) is 13.7. The Balaban J connectivity index is 1.90. The number of furan rings is 1. The molecule has 0 aliphatic heterocycles. The molecule has 0 saturated carbocycles. The maximum atomic E-state index is 13.1. The lowest BCUT2D eigenvalue weighted by atomic mass is 9.88. The van der Waals surface area contributed by atoms with Crippen molar-refractivity contribution in [3.8, 4) is 11.6 Å². The van der Waals surface area contributed by atoms with Crippen LogP contribution in [0, 0.1) is 5.41 Å². The molecule has 0 radical (unpaired) electrons. The number of nitrogens with one attached hydrogen (secondary N) is 1. The molecule has 6 nitrogen and oxygen atoms in total. The largest absolute Gasteiger partial charge is 0.461 e. The molecule has 2 rings (SSSR count). The zero-order valence-corrected chi connectivity index (χ0v) is 14.2. The molecule has 0 aliphatic carbocycles. The van der Waals surface area contributed by atoms with E-state index in [0.717, 1.165) is 0 Å². The van der Waals surface area contributed by atoms with E-state index in [-0.39, 0.29) is 31.0 Å². The number of carbonyl (C=O) groups excluding carboxylic acids is 1. The number of hydrogen-bond donors (Lipinski definition) is 1. The summed E-state index contributed by atoms with van der Waals surface area (Å²) in [6.07, 6.45) is -3.40. The summed E-state index contributed by atoms with van der Waals surface area (Å²) in [5, 5.41) is 5.74. The van der Waals surface area contributed by atoms with Crippen LogP contribution in [0.2, 0.25) is 0 Å². The fraction of sp³-hybridized carbons (Fsp3) is 0.562. The van der Waals surface area contributed by atoms with E-state index in [1.165, 1.54) is 6.26 Å². The van der Waals surface area contributed by atoms with Crippen molar-refractivity contribution in [1.29, 1.82) is 0 Å². The van der Waals surface area contributed by atoms with Gasteiger partial charge < -0.3 is 14.3 Å². The van der Waals surface area contributed by atoms with Gasteiger partial charge in [0.1, 0.15) is 6.04 Å². The SMILES string of the molecule is CC(C)(C)C[C@@H](NC(=O)CCc1nc(-c2ccco2)no1)C(F)(F)F. The number of halogens is 3. The average Bonchev–Trinajstić information content (AvgIpc) is 3.13. The Bertz CT molecular complexity index is 688. The Labute approximate surface area is 142 Å². The maximum Gasteiger partial charge on any atom is 0.408 e. The summed E-state index contributed by atoms with van der Waals surface area (Å²) in [7, 11) is 0. The Morgan fingerprint density at radius 3 is 2.60 bits per heavy atom. The van der Waals surface area contributed by atoms with Crippen molar-refractivity contribution in [3.63, 3.8) is 0 Å². The summed E-state index contributed by atoms with van der Waals surface area (Å²) in [6, 6.07) is 1.41. The minimum Gasteiger partial charge on any atom is -0.461 e. The second kappa shape index (κ2) is 7.28. The fourth-order valence-electron chi connectivity index (χ4n) is 2.21.